The van der Waals surface area contributed by atoms with Gasteiger partial charge >= 0.3 is 0 Å². The summed E-state index contributed by atoms with van der Waals surface area (Å²) < 4.78 is 3.48. The van der Waals surface area contributed by atoms with E-state index >= 15 is 0 Å². The molecule has 0 aliphatic heterocycles. The van der Waals surface area contributed by atoms with E-state index in [4.69, 9.17) is 0 Å². The van der Waals surface area contributed by atoms with Crippen LogP contribution < -0.4 is 5.32 Å². The summed E-state index contributed by atoms with van der Waals surface area (Å²) in [5.74, 6) is 0.526. The van der Waals surface area contributed by atoms with Gasteiger partial charge in [-0.3, -0.25) is 4.79 Å². The maximum absolute atomic E-state index is 12.8. The molecule has 0 aliphatic rings. The molecule has 0 unspecified atom stereocenters. The minimum absolute atomic E-state index is 0.0803. The fraction of sp³-hybridized carbons (Fsp3) is 0.304. The smallest absolute Gasteiger partial charge is 0.247 e. The number of benzene rings is 1. The second-order valence-electron chi connectivity index (χ2n) is 7.93. The largest absolute Gasteiger partial charge is 0.309 e. The molecule has 7 nitrogen and oxygen atoms in total. The quantitative estimate of drug-likeness (QED) is 0.535. The average molecular weight is 403 g/mol. The van der Waals surface area contributed by atoms with Crippen molar-refractivity contribution < 1.29 is 4.79 Å². The zero-order valence-electron chi connectivity index (χ0n) is 18.0. The molecule has 1 N–H and O–H groups in total. The van der Waals surface area contributed by atoms with Crippen molar-refractivity contribution in [3.63, 3.8) is 0 Å². The molecule has 1 aromatic carbocycles. The lowest BCUT2D eigenvalue weighted by molar-refractivity contribution is -0.116. The van der Waals surface area contributed by atoms with Gasteiger partial charge in [-0.2, -0.15) is 10.2 Å². The number of aryl methyl sites for hydroxylation is 3. The maximum atomic E-state index is 12.8. The van der Waals surface area contributed by atoms with E-state index in [-0.39, 0.29) is 18.5 Å². The van der Waals surface area contributed by atoms with E-state index in [1.807, 2.05) is 50.6 Å². The van der Waals surface area contributed by atoms with Crippen LogP contribution >= 0.6 is 0 Å². The third kappa shape index (κ3) is 3.70. The van der Waals surface area contributed by atoms with Crippen LogP contribution in [0.4, 0.5) is 5.82 Å². The molecule has 0 bridgehead atoms. The van der Waals surface area contributed by atoms with Gasteiger partial charge in [-0.15, -0.1) is 0 Å². The molecule has 3 heterocycles. The first kappa shape index (κ1) is 19.8. The maximum Gasteiger partial charge on any atom is 0.247 e. The highest BCUT2D eigenvalue weighted by molar-refractivity contribution is 5.96. The summed E-state index contributed by atoms with van der Waals surface area (Å²) in [4.78, 5) is 17.3. The van der Waals surface area contributed by atoms with Gasteiger partial charge < -0.3 is 5.32 Å². The first-order valence-corrected chi connectivity index (χ1v) is 10.1. The Bertz CT molecular complexity index is 1230. The first-order chi connectivity index (χ1) is 14.3. The minimum Gasteiger partial charge on any atom is -0.309 e. The highest BCUT2D eigenvalue weighted by atomic mass is 16.2. The molecule has 154 valence electrons. The second-order valence-corrected chi connectivity index (χ2v) is 7.93. The van der Waals surface area contributed by atoms with Crippen molar-refractivity contribution in [2.45, 2.75) is 47.2 Å². The summed E-state index contributed by atoms with van der Waals surface area (Å²) in [6.45, 7) is 10.1. The second kappa shape index (κ2) is 7.74. The van der Waals surface area contributed by atoms with Gasteiger partial charge in [0.1, 0.15) is 12.4 Å². The average Bonchev–Trinajstić information content (AvgIpc) is 3.21. The van der Waals surface area contributed by atoms with Crippen molar-refractivity contribution in [1.29, 1.82) is 0 Å². The Morgan fingerprint density at radius 3 is 2.63 bits per heavy atom. The molecule has 30 heavy (non-hydrogen) atoms. The predicted octanol–water partition coefficient (Wildman–Crippen LogP) is 4.44. The Kier molecular flexibility index (Phi) is 5.11. The summed E-state index contributed by atoms with van der Waals surface area (Å²) in [5.41, 5.74) is 5.80. The molecular weight excluding hydrogens is 376 g/mol. The Morgan fingerprint density at radius 1 is 1.10 bits per heavy atom. The third-order valence-corrected chi connectivity index (χ3v) is 5.04. The molecule has 0 spiro atoms. The van der Waals surface area contributed by atoms with E-state index in [2.05, 4.69) is 45.6 Å². The monoisotopic (exact) mass is 402 g/mol. The number of carbonyl (C=O) groups excluding carboxylic acids is 1. The molecule has 4 aromatic rings. The van der Waals surface area contributed by atoms with E-state index in [1.54, 1.807) is 10.9 Å². The Balaban J connectivity index is 1.66. The number of hydrogen-bond donors (Lipinski definition) is 1. The number of aromatic nitrogens is 5. The highest BCUT2D eigenvalue weighted by Crippen LogP contribution is 2.30. The Morgan fingerprint density at radius 2 is 1.90 bits per heavy atom. The van der Waals surface area contributed by atoms with Crippen LogP contribution in [-0.2, 0) is 11.3 Å². The summed E-state index contributed by atoms with van der Waals surface area (Å²) in [6, 6.07) is 12.4. The summed E-state index contributed by atoms with van der Waals surface area (Å²) in [6.07, 6.45) is 1.77. The molecule has 0 radical (unpaired) electrons. The van der Waals surface area contributed by atoms with Crippen LogP contribution in [0.3, 0.4) is 0 Å². The molecule has 1 amide bonds. The normalized spacial score (nSPS) is 11.4. The van der Waals surface area contributed by atoms with E-state index < -0.39 is 0 Å². The van der Waals surface area contributed by atoms with Gasteiger partial charge in [-0.05, 0) is 51.8 Å². The number of amides is 1. The molecule has 0 saturated carbocycles. The van der Waals surface area contributed by atoms with E-state index in [0.717, 1.165) is 27.9 Å². The number of pyridine rings is 1. The Hall–Kier alpha value is -3.48. The number of nitrogens with zero attached hydrogens (tertiary/aromatic N) is 5. The van der Waals surface area contributed by atoms with Crippen molar-refractivity contribution in [3.05, 3.63) is 59.5 Å². The van der Waals surface area contributed by atoms with Crippen LogP contribution in [0.25, 0.3) is 22.2 Å². The lowest BCUT2D eigenvalue weighted by atomic mass is 10.0. The fourth-order valence-electron chi connectivity index (χ4n) is 3.77. The van der Waals surface area contributed by atoms with Crippen LogP contribution in [-0.4, -0.2) is 30.5 Å². The van der Waals surface area contributed by atoms with Gasteiger partial charge in [0.15, 0.2) is 5.65 Å². The van der Waals surface area contributed by atoms with Gasteiger partial charge in [-0.1, -0.05) is 29.8 Å². The molecule has 0 saturated heterocycles. The summed E-state index contributed by atoms with van der Waals surface area (Å²) in [5, 5.41) is 13.0. The molecule has 0 aliphatic carbocycles. The number of hydrogen-bond acceptors (Lipinski definition) is 4. The fourth-order valence-corrected chi connectivity index (χ4v) is 3.77. The van der Waals surface area contributed by atoms with Crippen LogP contribution in [0.15, 0.2) is 42.6 Å². The topological polar surface area (TPSA) is 77.6 Å². The Labute approximate surface area is 175 Å². The van der Waals surface area contributed by atoms with Crippen molar-refractivity contribution in [1.82, 2.24) is 24.5 Å². The van der Waals surface area contributed by atoms with Crippen molar-refractivity contribution in [2.24, 2.45) is 0 Å². The summed E-state index contributed by atoms with van der Waals surface area (Å²) in [7, 11) is 0. The molecule has 0 fully saturated rings. The van der Waals surface area contributed by atoms with Gasteiger partial charge in [-0.25, -0.2) is 14.3 Å². The molecule has 4 rings (SSSR count). The molecule has 7 heteroatoms. The van der Waals surface area contributed by atoms with Crippen LogP contribution in [0.5, 0.6) is 0 Å². The zero-order chi connectivity index (χ0) is 21.4. The summed E-state index contributed by atoms with van der Waals surface area (Å²) >= 11 is 0. The van der Waals surface area contributed by atoms with Crippen molar-refractivity contribution in [2.75, 3.05) is 5.32 Å². The lowest BCUT2D eigenvalue weighted by Gasteiger charge is -2.12. The lowest BCUT2D eigenvalue weighted by Crippen LogP contribution is -2.22. The molecule has 0 atom stereocenters. The SMILES string of the molecule is Cc1cccc(-c2ccnc3c2c(C)nn3CC(=O)Nc2cc(C)nn2C(C)C)c1. The number of fused-ring (bicyclic) bond motifs is 1. The van der Waals surface area contributed by atoms with Crippen molar-refractivity contribution >= 4 is 22.8 Å². The van der Waals surface area contributed by atoms with Gasteiger partial charge in [0.2, 0.25) is 5.91 Å². The molecule has 3 aromatic heterocycles. The number of nitrogens with one attached hydrogen (secondary N) is 1. The van der Waals surface area contributed by atoms with E-state index in [0.29, 0.717) is 11.5 Å². The van der Waals surface area contributed by atoms with Crippen LogP contribution in [0.1, 0.15) is 36.8 Å². The standard InChI is InChI=1S/C23H26N6O/c1-14(2)29-20(12-16(4)26-29)25-21(30)13-28-23-22(17(5)27-28)19(9-10-24-23)18-8-6-7-15(3)11-18/h6-12,14H,13H2,1-5H3,(H,25,30). The highest BCUT2D eigenvalue weighted by Gasteiger charge is 2.17. The third-order valence-electron chi connectivity index (χ3n) is 5.04. The van der Waals surface area contributed by atoms with Gasteiger partial charge in [0, 0.05) is 23.7 Å². The van der Waals surface area contributed by atoms with Gasteiger partial charge in [0.25, 0.3) is 0 Å². The van der Waals surface area contributed by atoms with Crippen LogP contribution in [0, 0.1) is 20.8 Å². The number of rotatable bonds is 5. The van der Waals surface area contributed by atoms with Crippen LogP contribution in [0.2, 0.25) is 0 Å². The van der Waals surface area contributed by atoms with Crippen molar-refractivity contribution in [3.8, 4) is 11.1 Å². The minimum atomic E-state index is -0.163. The number of anilines is 1. The predicted molar refractivity (Wildman–Crippen MR) is 118 cm³/mol. The van der Waals surface area contributed by atoms with Gasteiger partial charge in [0.05, 0.1) is 11.4 Å². The number of carbonyl (C=O) groups is 1. The van der Waals surface area contributed by atoms with E-state index in [9.17, 15) is 4.79 Å². The zero-order valence-corrected chi connectivity index (χ0v) is 18.0. The molecular formula is C23H26N6O. The van der Waals surface area contributed by atoms with E-state index in [1.165, 1.54) is 5.56 Å². The first-order valence-electron chi connectivity index (χ1n) is 10.1.